The first-order valence-electron chi connectivity index (χ1n) is 5.10. The fraction of sp³-hybridized carbons (Fsp3) is 0.455. The quantitative estimate of drug-likeness (QED) is 0.848. The number of aliphatic hydroxyl groups excluding tert-OH is 1. The normalized spacial score (nSPS) is 12.8. The topological polar surface area (TPSA) is 41.5 Å². The summed E-state index contributed by atoms with van der Waals surface area (Å²) in [6.07, 6.45) is 0. The van der Waals surface area contributed by atoms with Crippen molar-refractivity contribution in [2.24, 2.45) is 0 Å². The summed E-state index contributed by atoms with van der Waals surface area (Å²) in [7, 11) is 0. The smallest absolute Gasteiger partial charge is 0.387 e. The van der Waals surface area contributed by atoms with E-state index in [9.17, 15) is 8.78 Å². The second-order valence-electron chi connectivity index (χ2n) is 3.60. The third-order valence-electron chi connectivity index (χ3n) is 2.15. The van der Waals surface area contributed by atoms with Crippen LogP contribution in [0, 0.1) is 0 Å². The van der Waals surface area contributed by atoms with Gasteiger partial charge in [-0.15, -0.1) is 0 Å². The molecular weight excluding hydrogens is 296 g/mol. The summed E-state index contributed by atoms with van der Waals surface area (Å²) < 4.78 is 29.5. The van der Waals surface area contributed by atoms with Gasteiger partial charge < -0.3 is 15.2 Å². The minimum absolute atomic E-state index is 0.0148. The fourth-order valence-corrected chi connectivity index (χ4v) is 1.65. The molecule has 0 spiro atoms. The van der Waals surface area contributed by atoms with Crippen LogP contribution >= 0.6 is 15.9 Å². The van der Waals surface area contributed by atoms with Gasteiger partial charge >= 0.3 is 6.61 Å². The van der Waals surface area contributed by atoms with E-state index in [0.29, 0.717) is 12.1 Å². The van der Waals surface area contributed by atoms with Crippen LogP contribution in [0.25, 0.3) is 0 Å². The van der Waals surface area contributed by atoms with Crippen LogP contribution in [0.3, 0.4) is 0 Å². The molecule has 96 valence electrons. The number of hydrogen-bond acceptors (Lipinski definition) is 3. The Kier molecular flexibility index (Phi) is 5.80. The lowest BCUT2D eigenvalue weighted by Crippen LogP contribution is -2.28. The van der Waals surface area contributed by atoms with Crippen molar-refractivity contribution in [2.45, 2.75) is 26.1 Å². The summed E-state index contributed by atoms with van der Waals surface area (Å²) in [5, 5.41) is 11.9. The van der Waals surface area contributed by atoms with Gasteiger partial charge in [0.2, 0.25) is 0 Å². The Hall–Kier alpha value is -0.720. The van der Waals surface area contributed by atoms with Crippen molar-refractivity contribution in [3.05, 3.63) is 28.2 Å². The molecule has 1 rings (SSSR count). The van der Waals surface area contributed by atoms with Gasteiger partial charge in [-0.05, 0) is 25.1 Å². The van der Waals surface area contributed by atoms with Crippen LogP contribution in [-0.2, 0) is 6.54 Å². The molecule has 1 atom stereocenters. The molecule has 0 aliphatic carbocycles. The van der Waals surface area contributed by atoms with Crippen molar-refractivity contribution in [3.8, 4) is 5.75 Å². The van der Waals surface area contributed by atoms with Crippen molar-refractivity contribution in [1.82, 2.24) is 5.32 Å². The molecule has 0 saturated carbocycles. The number of aliphatic hydroxyl groups is 1. The first kappa shape index (κ1) is 14.3. The molecule has 1 unspecified atom stereocenters. The lowest BCUT2D eigenvalue weighted by molar-refractivity contribution is -0.0505. The minimum atomic E-state index is -2.84. The highest BCUT2D eigenvalue weighted by molar-refractivity contribution is 9.10. The number of alkyl halides is 2. The molecule has 0 aromatic heterocycles. The van der Waals surface area contributed by atoms with E-state index in [1.807, 2.05) is 0 Å². The average Bonchev–Trinajstić information content (AvgIpc) is 2.28. The van der Waals surface area contributed by atoms with Crippen molar-refractivity contribution in [1.29, 1.82) is 0 Å². The summed E-state index contributed by atoms with van der Waals surface area (Å²) in [6.45, 7) is -0.710. The van der Waals surface area contributed by atoms with E-state index < -0.39 is 6.61 Å². The maximum absolute atomic E-state index is 12.2. The zero-order chi connectivity index (χ0) is 12.8. The van der Waals surface area contributed by atoms with E-state index in [2.05, 4.69) is 26.0 Å². The van der Waals surface area contributed by atoms with Gasteiger partial charge in [0.05, 0.1) is 6.61 Å². The van der Waals surface area contributed by atoms with Crippen molar-refractivity contribution in [2.75, 3.05) is 6.61 Å². The van der Waals surface area contributed by atoms with Crippen molar-refractivity contribution in [3.63, 3.8) is 0 Å². The molecule has 3 nitrogen and oxygen atoms in total. The first-order chi connectivity index (χ1) is 8.02. The maximum atomic E-state index is 12.2. The third-order valence-corrected chi connectivity index (χ3v) is 2.65. The number of ether oxygens (including phenoxy) is 1. The van der Waals surface area contributed by atoms with Crippen LogP contribution in [0.4, 0.5) is 8.78 Å². The van der Waals surface area contributed by atoms with Crippen LogP contribution < -0.4 is 10.1 Å². The standard InChI is InChI=1S/C11H14BrF2NO2/c1-7(6-16)15-5-8-4-9(12)2-3-10(8)17-11(13)14/h2-4,7,11,15-16H,5-6H2,1H3. The molecule has 0 fully saturated rings. The lowest BCUT2D eigenvalue weighted by Gasteiger charge is -2.14. The molecule has 1 aromatic rings. The predicted molar refractivity (Wildman–Crippen MR) is 64.2 cm³/mol. The van der Waals surface area contributed by atoms with E-state index in [1.54, 1.807) is 19.1 Å². The molecular formula is C11H14BrF2NO2. The van der Waals surface area contributed by atoms with E-state index in [1.165, 1.54) is 6.07 Å². The third kappa shape index (κ3) is 4.97. The summed E-state index contributed by atoms with van der Waals surface area (Å²) in [5.41, 5.74) is 0.611. The molecule has 0 aliphatic heterocycles. The maximum Gasteiger partial charge on any atom is 0.387 e. The van der Waals surface area contributed by atoms with Crippen LogP contribution in [0.2, 0.25) is 0 Å². The van der Waals surface area contributed by atoms with Gasteiger partial charge in [0.1, 0.15) is 5.75 Å². The molecule has 1 aromatic carbocycles. The lowest BCUT2D eigenvalue weighted by atomic mass is 10.2. The predicted octanol–water partition coefficient (Wildman–Crippen LogP) is 2.52. The average molecular weight is 310 g/mol. The highest BCUT2D eigenvalue weighted by Crippen LogP contribution is 2.24. The van der Waals surface area contributed by atoms with Crippen molar-refractivity contribution >= 4 is 15.9 Å². The van der Waals surface area contributed by atoms with E-state index in [0.717, 1.165) is 4.47 Å². The summed E-state index contributed by atoms with van der Waals surface area (Å²) >= 11 is 3.27. The molecule has 2 N–H and O–H groups in total. The van der Waals surface area contributed by atoms with Gasteiger partial charge in [0.25, 0.3) is 0 Å². The summed E-state index contributed by atoms with van der Waals surface area (Å²) in [4.78, 5) is 0. The van der Waals surface area contributed by atoms with Gasteiger partial charge in [0, 0.05) is 22.6 Å². The molecule has 6 heteroatoms. The molecule has 0 radical (unpaired) electrons. The van der Waals surface area contributed by atoms with Crippen LogP contribution in [-0.4, -0.2) is 24.4 Å². The molecule has 0 heterocycles. The highest BCUT2D eigenvalue weighted by Gasteiger charge is 2.10. The number of rotatable bonds is 6. The summed E-state index contributed by atoms with van der Waals surface area (Å²) in [5.74, 6) is 0.140. The van der Waals surface area contributed by atoms with E-state index in [4.69, 9.17) is 5.11 Å². The molecule has 17 heavy (non-hydrogen) atoms. The Morgan fingerprint density at radius 3 is 2.76 bits per heavy atom. The number of halogens is 3. The first-order valence-corrected chi connectivity index (χ1v) is 5.89. The second kappa shape index (κ2) is 6.88. The molecule has 0 aliphatic rings. The van der Waals surface area contributed by atoms with Crippen LogP contribution in [0.15, 0.2) is 22.7 Å². The molecule has 0 amide bonds. The van der Waals surface area contributed by atoms with Gasteiger partial charge in [-0.2, -0.15) is 8.78 Å². The number of hydrogen-bond donors (Lipinski definition) is 2. The van der Waals surface area contributed by atoms with Gasteiger partial charge in [-0.25, -0.2) is 0 Å². The van der Waals surface area contributed by atoms with Gasteiger partial charge in [-0.1, -0.05) is 15.9 Å². The van der Waals surface area contributed by atoms with E-state index in [-0.39, 0.29) is 18.4 Å². The summed E-state index contributed by atoms with van der Waals surface area (Å²) in [6, 6.07) is 4.72. The Morgan fingerprint density at radius 1 is 1.47 bits per heavy atom. The number of nitrogens with one attached hydrogen (secondary N) is 1. The van der Waals surface area contributed by atoms with Crippen LogP contribution in [0.5, 0.6) is 5.75 Å². The monoisotopic (exact) mass is 309 g/mol. The zero-order valence-corrected chi connectivity index (χ0v) is 10.9. The molecule has 0 bridgehead atoms. The van der Waals surface area contributed by atoms with E-state index >= 15 is 0 Å². The Morgan fingerprint density at radius 2 is 2.18 bits per heavy atom. The van der Waals surface area contributed by atoms with Gasteiger partial charge in [0.15, 0.2) is 0 Å². The van der Waals surface area contributed by atoms with Crippen LogP contribution in [0.1, 0.15) is 12.5 Å². The SMILES string of the molecule is CC(CO)NCc1cc(Br)ccc1OC(F)F. The largest absolute Gasteiger partial charge is 0.434 e. The second-order valence-corrected chi connectivity index (χ2v) is 4.51. The van der Waals surface area contributed by atoms with Crippen molar-refractivity contribution < 1.29 is 18.6 Å². The highest BCUT2D eigenvalue weighted by atomic mass is 79.9. The minimum Gasteiger partial charge on any atom is -0.434 e. The molecule has 0 saturated heterocycles. The zero-order valence-electron chi connectivity index (χ0n) is 9.29. The number of benzene rings is 1. The Labute approximate surface area is 107 Å². The van der Waals surface area contributed by atoms with Gasteiger partial charge in [-0.3, -0.25) is 0 Å². The Balaban J connectivity index is 2.76. The Bertz CT molecular complexity index is 363. The fourth-order valence-electron chi connectivity index (χ4n) is 1.25.